The fraction of sp³-hybridized carbons (Fsp3) is 0.133. The van der Waals surface area contributed by atoms with Gasteiger partial charge in [0.05, 0.1) is 15.7 Å². The van der Waals surface area contributed by atoms with Crippen LogP contribution < -0.4 is 14.8 Å². The molecule has 2 N–H and O–H groups in total. The second-order valence-electron chi connectivity index (χ2n) is 4.72. The van der Waals surface area contributed by atoms with Crippen molar-refractivity contribution < 1.29 is 14.6 Å². The minimum absolute atomic E-state index is 0.200. The average Bonchev–Trinajstić information content (AvgIpc) is 3.12. The van der Waals surface area contributed by atoms with Crippen molar-refractivity contribution in [1.29, 1.82) is 0 Å². The summed E-state index contributed by atoms with van der Waals surface area (Å²) < 4.78 is 11.7. The molecule has 0 radical (unpaired) electrons. The summed E-state index contributed by atoms with van der Waals surface area (Å²) in [7, 11) is 0. The number of anilines is 1. The first-order chi connectivity index (χ1) is 10.3. The Kier molecular flexibility index (Phi) is 2.82. The van der Waals surface area contributed by atoms with Crippen LogP contribution in [0.2, 0.25) is 0 Å². The third-order valence-electron chi connectivity index (χ3n) is 3.39. The molecule has 2 heterocycles. The second-order valence-corrected chi connectivity index (χ2v) is 5.61. The predicted octanol–water partition coefficient (Wildman–Crippen LogP) is 3.34. The number of aromatic hydroxyl groups is 1. The van der Waals surface area contributed by atoms with E-state index < -0.39 is 0 Å². The Labute approximate surface area is 124 Å². The van der Waals surface area contributed by atoms with Crippen molar-refractivity contribution in [2.75, 3.05) is 12.1 Å². The van der Waals surface area contributed by atoms with Gasteiger partial charge in [0.1, 0.15) is 5.75 Å². The van der Waals surface area contributed by atoms with Gasteiger partial charge in [-0.15, -0.1) is 11.3 Å². The van der Waals surface area contributed by atoms with E-state index in [1.807, 2.05) is 17.6 Å². The zero-order valence-electron chi connectivity index (χ0n) is 11.0. The predicted molar refractivity (Wildman–Crippen MR) is 81.2 cm³/mol. The van der Waals surface area contributed by atoms with Crippen LogP contribution in [0, 0.1) is 0 Å². The van der Waals surface area contributed by atoms with E-state index in [0.717, 1.165) is 21.5 Å². The van der Waals surface area contributed by atoms with Crippen molar-refractivity contribution in [1.82, 2.24) is 4.98 Å². The van der Waals surface area contributed by atoms with Crippen LogP contribution in [0.4, 0.5) is 5.69 Å². The molecule has 0 aliphatic carbocycles. The van der Waals surface area contributed by atoms with Gasteiger partial charge in [0.25, 0.3) is 0 Å². The van der Waals surface area contributed by atoms with Crippen molar-refractivity contribution in [2.45, 2.75) is 6.54 Å². The Bertz CT molecular complexity index is 816. The van der Waals surface area contributed by atoms with Gasteiger partial charge >= 0.3 is 0 Å². The molecule has 3 aromatic rings. The summed E-state index contributed by atoms with van der Waals surface area (Å²) in [6.45, 7) is 0.709. The molecule has 0 amide bonds. The fourth-order valence-electron chi connectivity index (χ4n) is 2.28. The second kappa shape index (κ2) is 4.82. The van der Waals surface area contributed by atoms with Crippen molar-refractivity contribution in [3.05, 3.63) is 41.4 Å². The number of aromatic nitrogens is 1. The van der Waals surface area contributed by atoms with Crippen molar-refractivity contribution >= 4 is 27.2 Å². The van der Waals surface area contributed by atoms with E-state index in [2.05, 4.69) is 16.4 Å². The van der Waals surface area contributed by atoms with E-state index in [-0.39, 0.29) is 12.5 Å². The molecule has 0 spiro atoms. The smallest absolute Gasteiger partial charge is 0.231 e. The third kappa shape index (κ3) is 2.23. The SMILES string of the molecule is Oc1cc2c(cc1CNc1ccc3ncsc3c1)OCO2. The molecule has 21 heavy (non-hydrogen) atoms. The molecular formula is C15H12N2O3S. The van der Waals surface area contributed by atoms with Gasteiger partial charge < -0.3 is 19.9 Å². The number of nitrogens with one attached hydrogen (secondary N) is 1. The Morgan fingerprint density at radius 2 is 2.05 bits per heavy atom. The lowest BCUT2D eigenvalue weighted by atomic mass is 10.1. The third-order valence-corrected chi connectivity index (χ3v) is 4.18. The average molecular weight is 300 g/mol. The minimum atomic E-state index is 0.200. The van der Waals surface area contributed by atoms with Gasteiger partial charge in [-0.1, -0.05) is 0 Å². The Morgan fingerprint density at radius 1 is 1.19 bits per heavy atom. The molecule has 0 bridgehead atoms. The highest BCUT2D eigenvalue weighted by atomic mass is 32.1. The van der Waals surface area contributed by atoms with Crippen LogP contribution in [0.1, 0.15) is 5.56 Å². The van der Waals surface area contributed by atoms with E-state index >= 15 is 0 Å². The molecule has 2 aromatic carbocycles. The van der Waals surface area contributed by atoms with Crippen molar-refractivity contribution in [2.24, 2.45) is 0 Å². The van der Waals surface area contributed by atoms with E-state index in [4.69, 9.17) is 9.47 Å². The first-order valence-corrected chi connectivity index (χ1v) is 7.36. The molecule has 1 aliphatic rings. The molecule has 0 fully saturated rings. The van der Waals surface area contributed by atoms with E-state index in [1.54, 1.807) is 23.5 Å². The topological polar surface area (TPSA) is 63.6 Å². The van der Waals surface area contributed by atoms with Crippen LogP contribution in [0.25, 0.3) is 10.2 Å². The number of rotatable bonds is 3. The number of fused-ring (bicyclic) bond motifs is 2. The number of hydrogen-bond donors (Lipinski definition) is 2. The summed E-state index contributed by atoms with van der Waals surface area (Å²) in [6.07, 6.45) is 0. The maximum absolute atomic E-state index is 10.0. The van der Waals surface area contributed by atoms with Gasteiger partial charge in [0.2, 0.25) is 6.79 Å². The largest absolute Gasteiger partial charge is 0.507 e. The van der Waals surface area contributed by atoms with Gasteiger partial charge in [-0.25, -0.2) is 4.98 Å². The lowest BCUT2D eigenvalue weighted by molar-refractivity contribution is 0.174. The molecule has 0 atom stereocenters. The van der Waals surface area contributed by atoms with E-state index in [1.165, 1.54) is 0 Å². The van der Waals surface area contributed by atoms with Crippen LogP contribution >= 0.6 is 11.3 Å². The molecule has 106 valence electrons. The van der Waals surface area contributed by atoms with Crippen molar-refractivity contribution in [3.63, 3.8) is 0 Å². The highest BCUT2D eigenvalue weighted by molar-refractivity contribution is 7.16. The zero-order chi connectivity index (χ0) is 14.2. The van der Waals surface area contributed by atoms with Gasteiger partial charge in [0, 0.05) is 23.9 Å². The fourth-order valence-corrected chi connectivity index (χ4v) is 2.99. The molecule has 6 heteroatoms. The first-order valence-electron chi connectivity index (χ1n) is 6.48. The highest BCUT2D eigenvalue weighted by Crippen LogP contribution is 2.37. The molecule has 1 aromatic heterocycles. The number of nitrogens with zero attached hydrogens (tertiary/aromatic N) is 1. The Hall–Kier alpha value is -2.47. The minimum Gasteiger partial charge on any atom is -0.507 e. The van der Waals surface area contributed by atoms with Gasteiger partial charge in [0.15, 0.2) is 11.5 Å². The van der Waals surface area contributed by atoms with E-state index in [0.29, 0.717) is 18.0 Å². The van der Waals surface area contributed by atoms with Crippen LogP contribution in [0.3, 0.4) is 0 Å². The summed E-state index contributed by atoms with van der Waals surface area (Å²) >= 11 is 1.61. The molecule has 4 rings (SSSR count). The summed E-state index contributed by atoms with van der Waals surface area (Å²) in [6, 6.07) is 9.40. The molecule has 0 saturated heterocycles. The number of thiazole rings is 1. The van der Waals surface area contributed by atoms with Gasteiger partial charge in [-0.3, -0.25) is 0 Å². The monoisotopic (exact) mass is 300 g/mol. The number of hydrogen-bond acceptors (Lipinski definition) is 6. The standard InChI is InChI=1S/C15H12N2O3S/c18-12-5-14-13(19-8-20-14)3-9(12)6-16-10-1-2-11-15(4-10)21-7-17-11/h1-5,7,16,18H,6,8H2. The summed E-state index contributed by atoms with van der Waals surface area (Å²) in [5.74, 6) is 1.45. The van der Waals surface area contributed by atoms with Crippen LogP contribution in [0.15, 0.2) is 35.8 Å². The lowest BCUT2D eigenvalue weighted by Crippen LogP contribution is -1.99. The summed E-state index contributed by atoms with van der Waals surface area (Å²) in [5, 5.41) is 13.3. The quantitative estimate of drug-likeness (QED) is 0.776. The Morgan fingerprint density at radius 3 is 2.95 bits per heavy atom. The lowest BCUT2D eigenvalue weighted by Gasteiger charge is -2.09. The van der Waals surface area contributed by atoms with Crippen LogP contribution in [-0.4, -0.2) is 16.9 Å². The maximum atomic E-state index is 10.0. The molecule has 5 nitrogen and oxygen atoms in total. The summed E-state index contributed by atoms with van der Waals surface area (Å²) in [4.78, 5) is 4.25. The summed E-state index contributed by atoms with van der Waals surface area (Å²) in [5.41, 5.74) is 4.59. The number of phenols is 1. The maximum Gasteiger partial charge on any atom is 0.231 e. The van der Waals surface area contributed by atoms with Gasteiger partial charge in [-0.2, -0.15) is 0 Å². The molecule has 1 aliphatic heterocycles. The normalized spacial score (nSPS) is 12.8. The van der Waals surface area contributed by atoms with Crippen molar-refractivity contribution in [3.8, 4) is 17.2 Å². The highest BCUT2D eigenvalue weighted by Gasteiger charge is 2.16. The number of benzene rings is 2. The molecule has 0 unspecified atom stereocenters. The molecular weight excluding hydrogens is 288 g/mol. The van der Waals surface area contributed by atoms with Crippen LogP contribution in [-0.2, 0) is 6.54 Å². The molecule has 0 saturated carbocycles. The Balaban J connectivity index is 1.56. The van der Waals surface area contributed by atoms with Gasteiger partial charge in [-0.05, 0) is 24.3 Å². The van der Waals surface area contributed by atoms with E-state index in [9.17, 15) is 5.11 Å². The number of ether oxygens (including phenoxy) is 2. The first kappa shape index (κ1) is 12.3. The number of phenolic OH excluding ortho intramolecular Hbond substituents is 1. The zero-order valence-corrected chi connectivity index (χ0v) is 11.8. The van der Waals surface area contributed by atoms with Crippen LogP contribution in [0.5, 0.6) is 17.2 Å².